The summed E-state index contributed by atoms with van der Waals surface area (Å²) in [5.74, 6) is -1.87. The third kappa shape index (κ3) is 4.55. The molecule has 4 saturated carbocycles. The molecule has 0 amide bonds. The van der Waals surface area contributed by atoms with Crippen molar-refractivity contribution in [3.05, 3.63) is 0 Å². The highest BCUT2D eigenvalue weighted by atomic mass is 16.5. The van der Waals surface area contributed by atoms with Crippen molar-refractivity contribution >= 4 is 23.8 Å². The molecule has 6 heteroatoms. The molecule has 4 aliphatic rings. The van der Waals surface area contributed by atoms with Crippen molar-refractivity contribution in [2.45, 2.75) is 125 Å². The van der Waals surface area contributed by atoms with Gasteiger partial charge >= 0.3 is 5.97 Å². The Morgan fingerprint density at radius 3 is 2.26 bits per heavy atom. The van der Waals surface area contributed by atoms with E-state index in [1.165, 1.54) is 19.8 Å². The minimum absolute atomic E-state index is 0.0364. The zero-order chi connectivity index (χ0) is 29.1. The lowest BCUT2D eigenvalue weighted by molar-refractivity contribution is -0.224. The Hall–Kier alpha value is -1.56. The highest BCUT2D eigenvalue weighted by Crippen LogP contribution is 2.73. The monoisotopic (exact) mass is 544 g/mol. The van der Waals surface area contributed by atoms with E-state index >= 15 is 0 Å². The van der Waals surface area contributed by atoms with Gasteiger partial charge in [0.1, 0.15) is 24.0 Å². The van der Waals surface area contributed by atoms with Crippen LogP contribution in [0.25, 0.3) is 0 Å². The molecule has 0 saturated heterocycles. The van der Waals surface area contributed by atoms with Crippen LogP contribution in [0.5, 0.6) is 0 Å². The average Bonchev–Trinajstić information content (AvgIpc) is 2.85. The number of ether oxygens (including phenoxy) is 1. The van der Waals surface area contributed by atoms with E-state index < -0.39 is 35.4 Å². The van der Waals surface area contributed by atoms with Crippen LogP contribution in [0, 0.1) is 57.2 Å². The lowest BCUT2D eigenvalue weighted by Crippen LogP contribution is -2.68. The summed E-state index contributed by atoms with van der Waals surface area (Å²) in [5, 5.41) is 10.3. The fourth-order valence-electron chi connectivity index (χ4n) is 10.5. The van der Waals surface area contributed by atoms with Gasteiger partial charge in [-0.15, -0.1) is 0 Å². The summed E-state index contributed by atoms with van der Waals surface area (Å²) in [6, 6.07) is 0. The first-order valence-electron chi connectivity index (χ1n) is 15.5. The summed E-state index contributed by atoms with van der Waals surface area (Å²) < 4.78 is 5.96. The van der Waals surface area contributed by atoms with E-state index in [1.54, 1.807) is 0 Å². The third-order valence-electron chi connectivity index (χ3n) is 13.0. The van der Waals surface area contributed by atoms with E-state index in [0.717, 1.165) is 32.0 Å². The molecule has 4 rings (SSSR count). The molecule has 1 N–H and O–H groups in total. The molecule has 6 nitrogen and oxygen atoms in total. The van der Waals surface area contributed by atoms with E-state index in [-0.39, 0.29) is 52.0 Å². The van der Waals surface area contributed by atoms with Crippen molar-refractivity contribution in [2.75, 3.05) is 0 Å². The number of fused-ring (bicyclic) bond motifs is 5. The zero-order valence-corrected chi connectivity index (χ0v) is 25.5. The quantitative estimate of drug-likeness (QED) is 0.314. The minimum Gasteiger partial charge on any atom is -0.461 e. The smallest absolute Gasteiger partial charge is 0.308 e. The third-order valence-corrected chi connectivity index (χ3v) is 13.0. The van der Waals surface area contributed by atoms with Gasteiger partial charge in [0.2, 0.25) is 0 Å². The van der Waals surface area contributed by atoms with E-state index in [4.69, 9.17) is 4.74 Å². The molecule has 0 spiro atoms. The standard InChI is InChI=1S/C33H52O6/c1-9-30(5)12-10-13-31(6)24(30)11-14-32(7)25(31)17-27(37)33(8)21(18-34)29(20(4)35)23(16-26(32)33)39-28(38)15-22(36)19(2)3/h18-19,21-26,29,36H,9-17H2,1-8H3/t21-,22-,23+,24-,25+,26-,29-,30-,31-,32+,33+/m0/s1. The van der Waals surface area contributed by atoms with Gasteiger partial charge in [-0.2, -0.15) is 0 Å². The maximum absolute atomic E-state index is 14.3. The summed E-state index contributed by atoms with van der Waals surface area (Å²) in [5.41, 5.74) is -0.861. The summed E-state index contributed by atoms with van der Waals surface area (Å²) in [6.07, 6.45) is 6.62. The Bertz CT molecular complexity index is 1000. The summed E-state index contributed by atoms with van der Waals surface area (Å²) in [6.45, 7) is 16.5. The molecule has 0 radical (unpaired) electrons. The number of rotatable bonds is 7. The van der Waals surface area contributed by atoms with E-state index in [2.05, 4.69) is 27.7 Å². The van der Waals surface area contributed by atoms with Crippen molar-refractivity contribution in [2.24, 2.45) is 57.2 Å². The van der Waals surface area contributed by atoms with E-state index in [0.29, 0.717) is 18.8 Å². The minimum atomic E-state index is -0.963. The zero-order valence-electron chi connectivity index (χ0n) is 25.5. The van der Waals surface area contributed by atoms with Crippen molar-refractivity contribution in [3.63, 3.8) is 0 Å². The molecule has 4 aliphatic carbocycles. The number of hydrogen-bond donors (Lipinski definition) is 1. The molecular weight excluding hydrogens is 492 g/mol. The van der Waals surface area contributed by atoms with Gasteiger partial charge in [0.05, 0.1) is 18.4 Å². The number of Topliss-reactive ketones (excluding diaryl/α,β-unsaturated/α-hetero) is 2. The fraction of sp³-hybridized carbons (Fsp3) is 0.879. The largest absolute Gasteiger partial charge is 0.461 e. The van der Waals surface area contributed by atoms with Crippen LogP contribution in [0.2, 0.25) is 0 Å². The van der Waals surface area contributed by atoms with Gasteiger partial charge in [-0.25, -0.2) is 0 Å². The van der Waals surface area contributed by atoms with Crippen LogP contribution in [-0.2, 0) is 23.9 Å². The number of carbonyl (C=O) groups excluding carboxylic acids is 4. The normalized spacial score (nSPS) is 46.5. The Morgan fingerprint density at radius 2 is 1.69 bits per heavy atom. The number of hydrogen-bond acceptors (Lipinski definition) is 6. The number of ketones is 2. The second-order valence-corrected chi connectivity index (χ2v) is 15.1. The number of esters is 1. The fourth-order valence-corrected chi connectivity index (χ4v) is 10.5. The maximum atomic E-state index is 14.3. The summed E-state index contributed by atoms with van der Waals surface area (Å²) in [4.78, 5) is 53.0. The first-order valence-corrected chi connectivity index (χ1v) is 15.5. The lowest BCUT2D eigenvalue weighted by Gasteiger charge is -2.70. The highest BCUT2D eigenvalue weighted by Gasteiger charge is 2.71. The van der Waals surface area contributed by atoms with Crippen LogP contribution < -0.4 is 0 Å². The van der Waals surface area contributed by atoms with Gasteiger partial charge in [-0.1, -0.05) is 61.3 Å². The molecule has 11 atom stereocenters. The van der Waals surface area contributed by atoms with Crippen LogP contribution in [0.15, 0.2) is 0 Å². The predicted octanol–water partition coefficient (Wildman–Crippen LogP) is 5.96. The Balaban J connectivity index is 1.75. The second kappa shape index (κ2) is 10.4. The Morgan fingerprint density at radius 1 is 1.05 bits per heavy atom. The Labute approximate surface area is 235 Å². The summed E-state index contributed by atoms with van der Waals surface area (Å²) in [7, 11) is 0. The van der Waals surface area contributed by atoms with Gasteiger partial charge in [-0.05, 0) is 78.9 Å². The lowest BCUT2D eigenvalue weighted by atomic mass is 9.34. The first-order chi connectivity index (χ1) is 18.1. The van der Waals surface area contributed by atoms with Gasteiger partial charge in [0, 0.05) is 17.8 Å². The van der Waals surface area contributed by atoms with E-state index in [9.17, 15) is 24.3 Å². The van der Waals surface area contributed by atoms with Crippen LogP contribution in [0.3, 0.4) is 0 Å². The summed E-state index contributed by atoms with van der Waals surface area (Å²) >= 11 is 0. The van der Waals surface area contributed by atoms with Crippen LogP contribution >= 0.6 is 0 Å². The van der Waals surface area contributed by atoms with Crippen LogP contribution in [0.4, 0.5) is 0 Å². The van der Waals surface area contributed by atoms with Crippen LogP contribution in [-0.4, -0.2) is 41.1 Å². The predicted molar refractivity (Wildman–Crippen MR) is 150 cm³/mol. The molecule has 220 valence electrons. The molecule has 0 unspecified atom stereocenters. The molecule has 0 heterocycles. The highest BCUT2D eigenvalue weighted by molar-refractivity contribution is 5.93. The SMILES string of the molecule is CC[C@@]1(C)CCC[C@]2(C)[C@H]3CC(=O)[C@]4(C)[C@@H](C=O)[C@H](C(C)=O)[C@H](OC(=O)C[C@H](O)C(C)C)C[C@H]4[C@]3(C)CC[C@@H]12. The van der Waals surface area contributed by atoms with Gasteiger partial charge < -0.3 is 14.6 Å². The molecule has 0 bridgehead atoms. The van der Waals surface area contributed by atoms with Crippen molar-refractivity contribution < 1.29 is 29.0 Å². The molecule has 0 aliphatic heterocycles. The maximum Gasteiger partial charge on any atom is 0.308 e. The van der Waals surface area contributed by atoms with Gasteiger partial charge in [0.15, 0.2) is 0 Å². The van der Waals surface area contributed by atoms with Crippen molar-refractivity contribution in [1.29, 1.82) is 0 Å². The van der Waals surface area contributed by atoms with Crippen molar-refractivity contribution in [3.8, 4) is 0 Å². The number of carbonyl (C=O) groups is 4. The molecule has 39 heavy (non-hydrogen) atoms. The van der Waals surface area contributed by atoms with Crippen molar-refractivity contribution in [1.82, 2.24) is 0 Å². The first kappa shape index (κ1) is 30.4. The molecule has 0 aromatic rings. The van der Waals surface area contributed by atoms with Gasteiger partial charge in [-0.3, -0.25) is 14.4 Å². The number of aldehydes is 1. The Kier molecular flexibility index (Phi) is 8.08. The topological polar surface area (TPSA) is 97.7 Å². The number of aliphatic hydroxyl groups excluding tert-OH is 1. The second-order valence-electron chi connectivity index (χ2n) is 15.1. The molecule has 4 fully saturated rings. The number of aliphatic hydroxyl groups is 1. The van der Waals surface area contributed by atoms with Crippen LogP contribution in [0.1, 0.15) is 113 Å². The molecule has 0 aromatic heterocycles. The molecular formula is C33H52O6. The average molecular weight is 545 g/mol. The van der Waals surface area contributed by atoms with Gasteiger partial charge in [0.25, 0.3) is 0 Å². The molecule has 0 aromatic carbocycles. The van der Waals surface area contributed by atoms with E-state index in [1.807, 2.05) is 20.8 Å².